The number of fused-ring (bicyclic) bond motifs is 2. The van der Waals surface area contributed by atoms with Crippen LogP contribution in [0.4, 0.5) is 0 Å². The number of nitrogens with zero attached hydrogens (tertiary/aromatic N) is 3. The fraction of sp³-hybridized carbons (Fsp3) is 0.172. The van der Waals surface area contributed by atoms with E-state index < -0.39 is 0 Å². The zero-order chi connectivity index (χ0) is 25.7. The summed E-state index contributed by atoms with van der Waals surface area (Å²) < 4.78 is 3.77. The van der Waals surface area contributed by atoms with Crippen molar-refractivity contribution in [2.75, 3.05) is 0 Å². The molecular weight excluding hydrogens is 462 g/mol. The Morgan fingerprint density at radius 1 is 0.865 bits per heavy atom. The Hall–Kier alpha value is -4.72. The van der Waals surface area contributed by atoms with Crippen LogP contribution in [0.15, 0.2) is 77.7 Å². The first-order valence-electron chi connectivity index (χ1n) is 12.3. The number of hydrogen-bond acceptors (Lipinski definition) is 4. The fourth-order valence-electron chi connectivity index (χ4n) is 4.91. The summed E-state index contributed by atoms with van der Waals surface area (Å²) in [5.41, 5.74) is 15.9. The highest BCUT2D eigenvalue weighted by molar-refractivity contribution is 5.99. The van der Waals surface area contributed by atoms with Gasteiger partial charge in [-0.3, -0.25) is 15.6 Å². The quantitative estimate of drug-likeness (QED) is 0.203. The summed E-state index contributed by atoms with van der Waals surface area (Å²) in [6.07, 6.45) is 3.96. The van der Waals surface area contributed by atoms with E-state index in [0.717, 1.165) is 40.6 Å². The minimum atomic E-state index is -0.0859. The molecule has 1 fully saturated rings. The van der Waals surface area contributed by atoms with E-state index in [9.17, 15) is 4.79 Å². The summed E-state index contributed by atoms with van der Waals surface area (Å²) in [5, 5.41) is 17.5. The normalized spacial score (nSPS) is 13.3. The molecule has 6 N–H and O–H groups in total. The molecule has 5 aromatic rings. The Bertz CT molecular complexity index is 1770. The van der Waals surface area contributed by atoms with E-state index in [1.165, 1.54) is 0 Å². The molecule has 2 aromatic heterocycles. The molecule has 1 saturated carbocycles. The van der Waals surface area contributed by atoms with Gasteiger partial charge in [0.2, 0.25) is 0 Å². The molecule has 0 radical (unpaired) electrons. The maximum Gasteiger partial charge on any atom is 0.277 e. The number of aromatic nitrogens is 3. The maximum atomic E-state index is 13.8. The Morgan fingerprint density at radius 2 is 1.59 bits per heavy atom. The fourth-order valence-corrected chi connectivity index (χ4v) is 4.91. The predicted molar refractivity (Wildman–Crippen MR) is 147 cm³/mol. The molecule has 0 aliphatic heterocycles. The number of nitrogens with one attached hydrogen (secondary N) is 2. The molecule has 8 nitrogen and oxygen atoms in total. The van der Waals surface area contributed by atoms with Crippen molar-refractivity contribution in [2.45, 2.75) is 31.8 Å². The molecule has 1 aliphatic carbocycles. The molecule has 0 saturated heterocycles. The van der Waals surface area contributed by atoms with Gasteiger partial charge in [-0.1, -0.05) is 42.5 Å². The molecule has 2 heterocycles. The van der Waals surface area contributed by atoms with Gasteiger partial charge in [-0.15, -0.1) is 0 Å². The number of pyridine rings is 1. The summed E-state index contributed by atoms with van der Waals surface area (Å²) in [7, 11) is 0. The summed E-state index contributed by atoms with van der Waals surface area (Å²) in [6.45, 7) is 0.908. The van der Waals surface area contributed by atoms with Crippen molar-refractivity contribution in [1.29, 1.82) is 10.8 Å². The largest absolute Gasteiger partial charge is 0.384 e. The van der Waals surface area contributed by atoms with E-state index in [1.54, 1.807) is 4.57 Å². The molecule has 37 heavy (non-hydrogen) atoms. The van der Waals surface area contributed by atoms with Crippen LogP contribution in [0.25, 0.3) is 21.8 Å². The minimum absolute atomic E-state index is 0.0212. The molecule has 0 amide bonds. The number of nitrogen functional groups attached to an aromatic ring is 2. The van der Waals surface area contributed by atoms with Gasteiger partial charge in [0.1, 0.15) is 23.0 Å². The molecule has 184 valence electrons. The third-order valence-corrected chi connectivity index (χ3v) is 6.99. The Balaban J connectivity index is 1.41. The first-order chi connectivity index (χ1) is 17.9. The van der Waals surface area contributed by atoms with Gasteiger partial charge >= 0.3 is 0 Å². The van der Waals surface area contributed by atoms with Crippen LogP contribution >= 0.6 is 0 Å². The van der Waals surface area contributed by atoms with Gasteiger partial charge < -0.3 is 20.6 Å². The Kier molecular flexibility index (Phi) is 5.37. The minimum Gasteiger partial charge on any atom is -0.384 e. The second kappa shape index (κ2) is 8.74. The summed E-state index contributed by atoms with van der Waals surface area (Å²) in [6, 6.07) is 21.3. The number of nitrogens with two attached hydrogens (primary N) is 2. The Morgan fingerprint density at radius 3 is 2.35 bits per heavy atom. The molecular formula is C29H27N7O. The molecule has 0 spiro atoms. The van der Waals surface area contributed by atoms with Gasteiger partial charge in [0.15, 0.2) is 0 Å². The van der Waals surface area contributed by atoms with Crippen LogP contribution in [-0.2, 0) is 13.1 Å². The first kappa shape index (κ1) is 22.7. The number of hydrogen-bond donors (Lipinski definition) is 4. The average molecular weight is 490 g/mol. The molecule has 1 aliphatic rings. The topological polar surface area (TPSA) is 140 Å². The zero-order valence-corrected chi connectivity index (χ0v) is 20.2. The standard InChI is InChI=1S/C29H27N7O/c30-26(31)21-3-1-2-17(12-21)16-36-25-24(34-28(36)20-7-8-20)10-11-35(29(25)37)15-18-4-5-19-6-9-22(27(32)33)14-23(19)13-18/h1-6,9-14,20H,7-8,15-16H2,(H3,30,31)(H3,32,33). The molecule has 0 atom stereocenters. The summed E-state index contributed by atoms with van der Waals surface area (Å²) in [5.74, 6) is 1.36. The van der Waals surface area contributed by atoms with Crippen LogP contribution in [0.2, 0.25) is 0 Å². The smallest absolute Gasteiger partial charge is 0.277 e. The lowest BCUT2D eigenvalue weighted by atomic mass is 10.0. The van der Waals surface area contributed by atoms with Crippen LogP contribution in [0.3, 0.4) is 0 Å². The highest BCUT2D eigenvalue weighted by Gasteiger charge is 2.30. The van der Waals surface area contributed by atoms with Gasteiger partial charge in [-0.2, -0.15) is 0 Å². The van der Waals surface area contributed by atoms with Gasteiger partial charge in [0, 0.05) is 29.8 Å². The van der Waals surface area contributed by atoms with Gasteiger partial charge in [-0.05, 0) is 59.0 Å². The Labute approximate surface area is 213 Å². The van der Waals surface area contributed by atoms with E-state index in [1.807, 2.05) is 77.5 Å². The van der Waals surface area contributed by atoms with Crippen LogP contribution in [0.5, 0.6) is 0 Å². The van der Waals surface area contributed by atoms with E-state index in [-0.39, 0.29) is 17.2 Å². The van der Waals surface area contributed by atoms with E-state index in [0.29, 0.717) is 41.2 Å². The van der Waals surface area contributed by atoms with Crippen molar-refractivity contribution < 1.29 is 0 Å². The van der Waals surface area contributed by atoms with Crippen LogP contribution in [-0.4, -0.2) is 25.8 Å². The van der Waals surface area contributed by atoms with Crippen molar-refractivity contribution in [2.24, 2.45) is 11.5 Å². The molecule has 6 rings (SSSR count). The van der Waals surface area contributed by atoms with Gasteiger partial charge in [0.05, 0.1) is 12.1 Å². The van der Waals surface area contributed by atoms with Gasteiger partial charge in [0.25, 0.3) is 5.56 Å². The molecule has 8 heteroatoms. The van der Waals surface area contributed by atoms with Crippen molar-refractivity contribution >= 4 is 33.5 Å². The van der Waals surface area contributed by atoms with Crippen molar-refractivity contribution in [3.8, 4) is 0 Å². The summed E-state index contributed by atoms with van der Waals surface area (Å²) >= 11 is 0. The van der Waals surface area contributed by atoms with E-state index >= 15 is 0 Å². The third kappa shape index (κ3) is 4.27. The molecule has 3 aromatic carbocycles. The van der Waals surface area contributed by atoms with Crippen molar-refractivity contribution in [3.63, 3.8) is 0 Å². The summed E-state index contributed by atoms with van der Waals surface area (Å²) in [4.78, 5) is 18.6. The number of benzene rings is 3. The highest BCUT2D eigenvalue weighted by atomic mass is 16.1. The lowest BCUT2D eigenvalue weighted by molar-refractivity contribution is 0.726. The van der Waals surface area contributed by atoms with Gasteiger partial charge in [-0.25, -0.2) is 4.98 Å². The van der Waals surface area contributed by atoms with Crippen molar-refractivity contribution in [3.05, 3.63) is 111 Å². The van der Waals surface area contributed by atoms with E-state index in [4.69, 9.17) is 27.3 Å². The zero-order valence-electron chi connectivity index (χ0n) is 20.2. The lowest BCUT2D eigenvalue weighted by Gasteiger charge is -2.12. The van der Waals surface area contributed by atoms with Crippen LogP contribution < -0.4 is 17.0 Å². The number of imidazole rings is 1. The van der Waals surface area contributed by atoms with E-state index in [2.05, 4.69) is 0 Å². The lowest BCUT2D eigenvalue weighted by Crippen LogP contribution is -2.22. The average Bonchev–Trinajstić information content (AvgIpc) is 3.67. The first-order valence-corrected chi connectivity index (χ1v) is 12.3. The molecule has 0 bridgehead atoms. The number of amidine groups is 2. The van der Waals surface area contributed by atoms with Crippen molar-refractivity contribution in [1.82, 2.24) is 14.1 Å². The van der Waals surface area contributed by atoms with Crippen LogP contribution in [0.1, 0.15) is 46.8 Å². The SMILES string of the molecule is N=C(N)c1cccc(Cn2c(C3CC3)nc3ccn(Cc4ccc5ccc(C(=N)N)cc5c4)c(=O)c32)c1. The number of rotatable bonds is 7. The second-order valence-electron chi connectivity index (χ2n) is 9.74. The highest BCUT2D eigenvalue weighted by Crippen LogP contribution is 2.40. The van der Waals surface area contributed by atoms with Crippen LogP contribution in [0, 0.1) is 10.8 Å². The monoisotopic (exact) mass is 489 g/mol. The predicted octanol–water partition coefficient (Wildman–Crippen LogP) is 3.89. The second-order valence-corrected chi connectivity index (χ2v) is 9.74. The maximum absolute atomic E-state index is 13.8. The third-order valence-electron chi connectivity index (χ3n) is 6.99. The molecule has 0 unspecified atom stereocenters.